The van der Waals surface area contributed by atoms with Gasteiger partial charge in [-0.05, 0) is 42.5 Å². The maximum atomic E-state index is 15.0. The van der Waals surface area contributed by atoms with Gasteiger partial charge in [0.05, 0.1) is 15.8 Å². The highest BCUT2D eigenvalue weighted by Gasteiger charge is 2.55. The zero-order valence-electron chi connectivity index (χ0n) is 18.5. The van der Waals surface area contributed by atoms with Gasteiger partial charge in [-0.3, -0.25) is 0 Å². The van der Waals surface area contributed by atoms with Crippen molar-refractivity contribution in [2.75, 3.05) is 13.2 Å². The Morgan fingerprint density at radius 3 is 2.61 bits per heavy atom. The van der Waals surface area contributed by atoms with E-state index in [1.807, 2.05) is 12.1 Å². The predicted octanol–water partition coefficient (Wildman–Crippen LogP) is 6.02. The Kier molecular flexibility index (Phi) is 6.11. The molecule has 11 heteroatoms. The van der Waals surface area contributed by atoms with E-state index in [0.29, 0.717) is 5.52 Å². The molecule has 0 saturated heterocycles. The van der Waals surface area contributed by atoms with Crippen molar-refractivity contribution in [1.82, 2.24) is 9.47 Å². The fourth-order valence-electron chi connectivity index (χ4n) is 4.71. The van der Waals surface area contributed by atoms with E-state index in [-0.39, 0.29) is 45.6 Å². The number of rotatable bonds is 5. The first-order valence-corrected chi connectivity index (χ1v) is 12.0. The molecule has 5 rings (SSSR count). The van der Waals surface area contributed by atoms with Crippen LogP contribution in [0.5, 0.6) is 5.75 Å². The second-order valence-electron chi connectivity index (χ2n) is 8.29. The van der Waals surface area contributed by atoms with Crippen LogP contribution in [0, 0.1) is 11.6 Å². The second-order valence-corrected chi connectivity index (χ2v) is 9.73. The Morgan fingerprint density at radius 2 is 1.89 bits per heavy atom. The third-order valence-electron chi connectivity index (χ3n) is 6.27. The van der Waals surface area contributed by atoms with E-state index < -0.39 is 40.8 Å². The summed E-state index contributed by atoms with van der Waals surface area (Å²) < 4.78 is 34.6. The number of halogens is 3. The van der Waals surface area contributed by atoms with Gasteiger partial charge in [0.2, 0.25) is 0 Å². The van der Waals surface area contributed by atoms with Crippen molar-refractivity contribution >= 4 is 50.3 Å². The van der Waals surface area contributed by atoms with Crippen molar-refractivity contribution < 1.29 is 33.3 Å². The summed E-state index contributed by atoms with van der Waals surface area (Å²) in [4.78, 5) is 29.0. The van der Waals surface area contributed by atoms with Crippen LogP contribution < -0.4 is 9.22 Å². The van der Waals surface area contributed by atoms with E-state index >= 15 is 0 Å². The molecule has 2 N–H and O–H groups in total. The van der Waals surface area contributed by atoms with Crippen LogP contribution in [0.2, 0.25) is 5.02 Å². The summed E-state index contributed by atoms with van der Waals surface area (Å²) >= 11 is 7.48. The van der Waals surface area contributed by atoms with Gasteiger partial charge in [-0.15, -0.1) is 0 Å². The van der Waals surface area contributed by atoms with Gasteiger partial charge in [-0.25, -0.2) is 13.6 Å². The number of aliphatic carboxylic acids is 1. The highest BCUT2D eigenvalue weighted by atomic mass is 35.5. The molecule has 36 heavy (non-hydrogen) atoms. The molecule has 1 amide bonds. The number of aromatic nitrogens is 1. The number of fused-ring (bicyclic) bond motifs is 2. The summed E-state index contributed by atoms with van der Waals surface area (Å²) in [5, 5.41) is 20.3. The van der Waals surface area contributed by atoms with E-state index in [1.165, 1.54) is 35.6 Å². The van der Waals surface area contributed by atoms with Gasteiger partial charge in [0, 0.05) is 22.6 Å². The molecule has 2 atom stereocenters. The first-order valence-electron chi connectivity index (χ1n) is 10.8. The number of quaternary nitrogens is 1. The van der Waals surface area contributed by atoms with Gasteiger partial charge < -0.3 is 14.9 Å². The molecule has 7 nitrogen and oxygen atoms in total. The molecule has 184 valence electrons. The molecule has 2 heterocycles. The van der Waals surface area contributed by atoms with E-state index in [9.17, 15) is 23.5 Å². The number of nitrogens with zero attached hydrogens (tertiary/aromatic N) is 2. The lowest BCUT2D eigenvalue weighted by Crippen LogP contribution is -2.59. The first kappa shape index (κ1) is 24.1. The average molecular weight is 532 g/mol. The summed E-state index contributed by atoms with van der Waals surface area (Å²) in [5.41, 5.74) is 1.08. The van der Waals surface area contributed by atoms with Crippen LogP contribution in [0.3, 0.4) is 0 Å². The molecule has 1 aliphatic rings. The van der Waals surface area contributed by atoms with Gasteiger partial charge in [0.1, 0.15) is 12.3 Å². The van der Waals surface area contributed by atoms with E-state index in [1.54, 1.807) is 12.1 Å². The summed E-state index contributed by atoms with van der Waals surface area (Å²) in [7, 11) is 0. The molecule has 3 aromatic carbocycles. The Morgan fingerprint density at radius 1 is 1.11 bits per heavy atom. The molecule has 0 aliphatic carbocycles. The van der Waals surface area contributed by atoms with Crippen LogP contribution in [0.25, 0.3) is 10.2 Å². The van der Waals surface area contributed by atoms with Crippen molar-refractivity contribution in [1.29, 1.82) is 0 Å². The molecule has 1 aromatic heterocycles. The zero-order chi connectivity index (χ0) is 25.6. The number of para-hydroxylation sites is 1. The highest BCUT2D eigenvalue weighted by Crippen LogP contribution is 2.50. The lowest BCUT2D eigenvalue weighted by atomic mass is 9.85. The van der Waals surface area contributed by atoms with Crippen LogP contribution in [-0.4, -0.2) is 40.4 Å². The number of carboxylic acids is 1. The average Bonchev–Trinajstić information content (AvgIpc) is 3.29. The molecule has 1 unspecified atom stereocenters. The monoisotopic (exact) mass is 531 g/mol. The molecule has 1 aliphatic heterocycles. The number of hydrogen-bond donors (Lipinski definition) is 2. The SMILES string of the molecule is O=C(O)COc1ccc(Cl)cc1C1c2ccc(F)c(F)c2CC[N@+]1(C(=O)O)c1nc2ccccc2s1. The molecule has 0 fully saturated rings. The Balaban J connectivity index is 1.83. The molecular weight excluding hydrogens is 514 g/mol. The van der Waals surface area contributed by atoms with Gasteiger partial charge in [0.25, 0.3) is 5.13 Å². The summed E-state index contributed by atoms with van der Waals surface area (Å²) in [6, 6.07) is 12.7. The van der Waals surface area contributed by atoms with Gasteiger partial charge in [0.15, 0.2) is 24.3 Å². The molecule has 4 aromatic rings. The maximum Gasteiger partial charge on any atom is 0.521 e. The largest absolute Gasteiger partial charge is 0.521 e. The van der Waals surface area contributed by atoms with Crippen LogP contribution in [0.4, 0.5) is 18.7 Å². The molecule has 0 saturated carbocycles. The summed E-state index contributed by atoms with van der Waals surface area (Å²) in [6.45, 7) is -0.835. The number of ether oxygens (including phenoxy) is 1. The van der Waals surface area contributed by atoms with Crippen molar-refractivity contribution in [2.45, 2.75) is 12.5 Å². The van der Waals surface area contributed by atoms with E-state index in [2.05, 4.69) is 4.98 Å². The lowest BCUT2D eigenvalue weighted by Gasteiger charge is -2.41. The number of amides is 1. The molecule has 0 radical (unpaired) electrons. The van der Waals surface area contributed by atoms with Gasteiger partial charge >= 0.3 is 12.1 Å². The lowest BCUT2D eigenvalue weighted by molar-refractivity contribution is -0.139. The maximum absolute atomic E-state index is 15.0. The minimum atomic E-state index is -1.27. The van der Waals surface area contributed by atoms with E-state index in [4.69, 9.17) is 21.4 Å². The first-order chi connectivity index (χ1) is 17.2. The zero-order valence-corrected chi connectivity index (χ0v) is 20.0. The van der Waals surface area contributed by atoms with Crippen LogP contribution >= 0.6 is 22.9 Å². The summed E-state index contributed by atoms with van der Waals surface area (Å²) in [6.07, 6.45) is -1.33. The second kappa shape index (κ2) is 9.12. The minimum Gasteiger partial charge on any atom is -0.481 e. The molecular formula is C25H18ClF2N2O5S+. The van der Waals surface area contributed by atoms with Crippen molar-refractivity contribution in [3.63, 3.8) is 0 Å². The van der Waals surface area contributed by atoms with Crippen molar-refractivity contribution in [3.05, 3.63) is 87.9 Å². The summed E-state index contributed by atoms with van der Waals surface area (Å²) in [5.74, 6) is -3.27. The normalized spacial score (nSPS) is 19.1. The number of thiazole rings is 1. The fourth-order valence-corrected chi connectivity index (χ4v) is 6.03. The van der Waals surface area contributed by atoms with Crippen LogP contribution in [0.1, 0.15) is 22.7 Å². The number of benzene rings is 3. The Bertz CT molecular complexity index is 1490. The predicted molar refractivity (Wildman–Crippen MR) is 131 cm³/mol. The minimum absolute atomic E-state index is 0.0419. The van der Waals surface area contributed by atoms with Crippen molar-refractivity contribution in [3.8, 4) is 5.75 Å². The van der Waals surface area contributed by atoms with Gasteiger partial charge in [-0.1, -0.05) is 35.1 Å². The molecule has 0 bridgehead atoms. The van der Waals surface area contributed by atoms with Gasteiger partial charge in [-0.2, -0.15) is 14.3 Å². The topological polar surface area (TPSA) is 96.7 Å². The van der Waals surface area contributed by atoms with Crippen molar-refractivity contribution in [2.24, 2.45) is 0 Å². The highest BCUT2D eigenvalue weighted by molar-refractivity contribution is 7.22. The Labute approximate surface area is 212 Å². The standard InChI is InChI=1S/C25H17ClF2N2O5S/c26-13-5-8-19(35-12-21(31)32)16(11-13)23-15-6-7-17(27)22(28)14(15)9-10-30(23,25(33)34)24-29-18-3-1-2-4-20(18)36-24/h1-8,11,23H,9-10,12H2,(H-,31,32,33,34)/p+1/t23?,30-/m1/s1. The smallest absolute Gasteiger partial charge is 0.481 e. The molecule has 0 spiro atoms. The fraction of sp³-hybridized carbons (Fsp3) is 0.160. The van der Waals surface area contributed by atoms with Crippen LogP contribution in [-0.2, 0) is 11.2 Å². The number of carbonyl (C=O) groups is 2. The van der Waals surface area contributed by atoms with Crippen LogP contribution in [0.15, 0.2) is 54.6 Å². The number of carboxylic acid groups (broad SMARTS) is 2. The number of hydrogen-bond acceptors (Lipinski definition) is 5. The van der Waals surface area contributed by atoms with E-state index in [0.717, 1.165) is 10.8 Å². The third kappa shape index (κ3) is 3.87. The third-order valence-corrected chi connectivity index (χ3v) is 7.66. The quantitative estimate of drug-likeness (QED) is 0.306. The Hall–Kier alpha value is -3.60.